The van der Waals surface area contributed by atoms with Crippen molar-refractivity contribution in [3.8, 4) is 11.1 Å². The van der Waals surface area contributed by atoms with Gasteiger partial charge >= 0.3 is 0 Å². The molecule has 0 nitrogen and oxygen atoms in total. The number of fused-ring (bicyclic) bond motifs is 4. The van der Waals surface area contributed by atoms with Crippen molar-refractivity contribution in [2.75, 3.05) is 0 Å². The molecule has 2 aliphatic carbocycles. The Morgan fingerprint density at radius 1 is 0.786 bits per heavy atom. The molecule has 0 spiro atoms. The molecule has 0 saturated carbocycles. The van der Waals surface area contributed by atoms with Gasteiger partial charge < -0.3 is 0 Å². The fourth-order valence-electron chi connectivity index (χ4n) is 5.31. The Bertz CT molecular complexity index is 994. The molecule has 3 aromatic carbocycles. The highest BCUT2D eigenvalue weighted by molar-refractivity contribution is 5.79. The van der Waals surface area contributed by atoms with Crippen LogP contribution in [0.2, 0.25) is 0 Å². The first-order valence-electron chi connectivity index (χ1n) is 10.4. The van der Waals surface area contributed by atoms with Gasteiger partial charge in [-0.25, -0.2) is 0 Å². The van der Waals surface area contributed by atoms with E-state index >= 15 is 0 Å². The van der Waals surface area contributed by atoms with Gasteiger partial charge in [0.05, 0.1) is 0 Å². The van der Waals surface area contributed by atoms with Gasteiger partial charge in [-0.3, -0.25) is 0 Å². The van der Waals surface area contributed by atoms with Gasteiger partial charge in [-0.1, -0.05) is 91.0 Å². The summed E-state index contributed by atoms with van der Waals surface area (Å²) in [6.45, 7) is 4.00. The molecule has 138 valence electrons. The first kappa shape index (κ1) is 17.3. The van der Waals surface area contributed by atoms with Crippen LogP contribution in [-0.4, -0.2) is 0 Å². The summed E-state index contributed by atoms with van der Waals surface area (Å²) in [5, 5.41) is 0. The first-order chi connectivity index (χ1) is 13.9. The van der Waals surface area contributed by atoms with Crippen molar-refractivity contribution in [2.45, 2.75) is 31.1 Å². The Morgan fingerprint density at radius 2 is 1.39 bits per heavy atom. The van der Waals surface area contributed by atoms with E-state index in [9.17, 15) is 0 Å². The van der Waals surface area contributed by atoms with E-state index < -0.39 is 0 Å². The quantitative estimate of drug-likeness (QED) is 0.396. The normalized spacial score (nSPS) is 17.8. The molecule has 0 heteroatoms. The van der Waals surface area contributed by atoms with Crippen LogP contribution in [0.25, 0.3) is 17.2 Å². The molecule has 0 radical (unpaired) electrons. The molecule has 3 aromatic rings. The number of rotatable bonds is 6. The van der Waals surface area contributed by atoms with Gasteiger partial charge in [0, 0.05) is 11.8 Å². The maximum absolute atomic E-state index is 4.00. The number of allylic oxidation sites excluding steroid dienone is 2. The van der Waals surface area contributed by atoms with Gasteiger partial charge in [0.2, 0.25) is 0 Å². The molecule has 28 heavy (non-hydrogen) atoms. The Hall–Kier alpha value is -2.86. The molecule has 2 aliphatic rings. The predicted octanol–water partition coefficient (Wildman–Crippen LogP) is 7.58. The van der Waals surface area contributed by atoms with E-state index in [1.165, 1.54) is 46.2 Å². The molecule has 0 aliphatic heterocycles. The van der Waals surface area contributed by atoms with Crippen LogP contribution in [0, 0.1) is 5.92 Å². The molecule has 0 heterocycles. The second kappa shape index (κ2) is 7.28. The van der Waals surface area contributed by atoms with Crippen LogP contribution < -0.4 is 0 Å². The van der Waals surface area contributed by atoms with Crippen molar-refractivity contribution >= 4 is 6.08 Å². The summed E-state index contributed by atoms with van der Waals surface area (Å²) in [6, 6.07) is 26.9. The van der Waals surface area contributed by atoms with Crippen molar-refractivity contribution in [2.24, 2.45) is 5.92 Å². The lowest BCUT2D eigenvalue weighted by Crippen LogP contribution is -2.15. The summed E-state index contributed by atoms with van der Waals surface area (Å²) in [4.78, 5) is 0. The number of hydrogen-bond acceptors (Lipinski definition) is 0. The van der Waals surface area contributed by atoms with Gasteiger partial charge in [0.15, 0.2) is 0 Å². The molecule has 0 fully saturated rings. The summed E-state index contributed by atoms with van der Waals surface area (Å²) in [5.74, 6) is 1.60. The standard InChI is InChI=1S/C28H26/c1-2-3-10-22(19-21-18-17-20-11-4-5-12-23(20)21)28-26-15-8-6-13-24(26)25-14-7-9-16-27(25)28/h2,4-9,11-18,21-22,28H,1,3,10,19H2. The molecule has 0 bridgehead atoms. The summed E-state index contributed by atoms with van der Waals surface area (Å²) < 4.78 is 0. The highest BCUT2D eigenvalue weighted by Crippen LogP contribution is 2.51. The lowest BCUT2D eigenvalue weighted by atomic mass is 9.76. The topological polar surface area (TPSA) is 0 Å². The summed E-state index contributed by atoms with van der Waals surface area (Å²) in [5.41, 5.74) is 8.75. The minimum atomic E-state index is 0.480. The van der Waals surface area contributed by atoms with Crippen molar-refractivity contribution < 1.29 is 0 Å². The Balaban J connectivity index is 1.54. The lowest BCUT2D eigenvalue weighted by Gasteiger charge is -2.28. The highest BCUT2D eigenvalue weighted by Gasteiger charge is 2.35. The fourth-order valence-corrected chi connectivity index (χ4v) is 5.31. The minimum Gasteiger partial charge on any atom is -0.103 e. The smallest absolute Gasteiger partial charge is 0.0130 e. The Labute approximate surface area is 168 Å². The Morgan fingerprint density at radius 3 is 2.07 bits per heavy atom. The maximum Gasteiger partial charge on any atom is 0.0130 e. The van der Waals surface area contributed by atoms with E-state index in [1.54, 1.807) is 0 Å². The Kier molecular flexibility index (Phi) is 4.49. The number of hydrogen-bond donors (Lipinski definition) is 0. The highest BCUT2D eigenvalue weighted by atomic mass is 14.4. The monoisotopic (exact) mass is 362 g/mol. The van der Waals surface area contributed by atoms with E-state index in [4.69, 9.17) is 0 Å². The van der Waals surface area contributed by atoms with E-state index in [1.807, 2.05) is 0 Å². The molecule has 0 N–H and O–H groups in total. The SMILES string of the molecule is C=CCCC(CC1C=Cc2ccccc21)C1c2ccccc2-c2ccccc21. The van der Waals surface area contributed by atoms with Crippen LogP contribution in [0.1, 0.15) is 53.4 Å². The molecule has 2 unspecified atom stereocenters. The predicted molar refractivity (Wildman–Crippen MR) is 119 cm³/mol. The maximum atomic E-state index is 4.00. The molecule has 5 rings (SSSR count). The largest absolute Gasteiger partial charge is 0.103 e. The van der Waals surface area contributed by atoms with Gasteiger partial charge in [-0.2, -0.15) is 0 Å². The van der Waals surface area contributed by atoms with Gasteiger partial charge in [0.25, 0.3) is 0 Å². The zero-order chi connectivity index (χ0) is 18.9. The lowest BCUT2D eigenvalue weighted by molar-refractivity contribution is 0.397. The molecular weight excluding hydrogens is 336 g/mol. The first-order valence-corrected chi connectivity index (χ1v) is 10.4. The minimum absolute atomic E-state index is 0.480. The van der Waals surface area contributed by atoms with E-state index in [-0.39, 0.29) is 0 Å². The fraction of sp³-hybridized carbons (Fsp3) is 0.214. The average Bonchev–Trinajstić information content (AvgIpc) is 3.30. The van der Waals surface area contributed by atoms with E-state index in [0.717, 1.165) is 6.42 Å². The molecule has 0 amide bonds. The summed E-state index contributed by atoms with van der Waals surface area (Å²) in [7, 11) is 0. The van der Waals surface area contributed by atoms with Crippen molar-refractivity contribution in [1.82, 2.24) is 0 Å². The van der Waals surface area contributed by atoms with Crippen molar-refractivity contribution in [3.05, 3.63) is 114 Å². The van der Waals surface area contributed by atoms with Crippen LogP contribution in [-0.2, 0) is 0 Å². The van der Waals surface area contributed by atoms with E-state index in [2.05, 4.69) is 97.6 Å². The summed E-state index contributed by atoms with van der Waals surface area (Å²) in [6.07, 6.45) is 10.2. The number of benzene rings is 3. The van der Waals surface area contributed by atoms with Crippen LogP contribution in [0.3, 0.4) is 0 Å². The zero-order valence-electron chi connectivity index (χ0n) is 16.2. The molecule has 0 aromatic heterocycles. The van der Waals surface area contributed by atoms with Crippen molar-refractivity contribution in [3.63, 3.8) is 0 Å². The molecule has 0 saturated heterocycles. The van der Waals surface area contributed by atoms with Crippen molar-refractivity contribution in [1.29, 1.82) is 0 Å². The third-order valence-corrected chi connectivity index (χ3v) is 6.56. The van der Waals surface area contributed by atoms with Crippen LogP contribution in [0.5, 0.6) is 0 Å². The average molecular weight is 363 g/mol. The third-order valence-electron chi connectivity index (χ3n) is 6.56. The van der Waals surface area contributed by atoms with Gasteiger partial charge in [0.1, 0.15) is 0 Å². The zero-order valence-corrected chi connectivity index (χ0v) is 16.2. The van der Waals surface area contributed by atoms with Crippen LogP contribution in [0.4, 0.5) is 0 Å². The van der Waals surface area contributed by atoms with E-state index in [0.29, 0.717) is 17.8 Å². The van der Waals surface area contributed by atoms with Gasteiger partial charge in [-0.05, 0) is 58.6 Å². The second-order valence-corrected chi connectivity index (χ2v) is 8.11. The van der Waals surface area contributed by atoms with Crippen LogP contribution >= 0.6 is 0 Å². The molecular formula is C28H26. The summed E-state index contributed by atoms with van der Waals surface area (Å²) >= 11 is 0. The van der Waals surface area contributed by atoms with Gasteiger partial charge in [-0.15, -0.1) is 6.58 Å². The molecule has 2 atom stereocenters. The van der Waals surface area contributed by atoms with Crippen LogP contribution in [0.15, 0.2) is 91.5 Å². The second-order valence-electron chi connectivity index (χ2n) is 8.11. The third kappa shape index (κ3) is 2.85.